The summed E-state index contributed by atoms with van der Waals surface area (Å²) in [6.07, 6.45) is 1.96. The summed E-state index contributed by atoms with van der Waals surface area (Å²) < 4.78 is 19.5. The molecule has 2 N–H and O–H groups in total. The molecule has 4 heteroatoms. The molecule has 1 rings (SSSR count). The van der Waals surface area contributed by atoms with E-state index in [9.17, 15) is 4.39 Å². The number of hydrogen-bond acceptors (Lipinski definition) is 3. The van der Waals surface area contributed by atoms with Crippen molar-refractivity contribution in [3.05, 3.63) is 29.6 Å². The van der Waals surface area contributed by atoms with Gasteiger partial charge in [0.25, 0.3) is 0 Å². The zero-order valence-electron chi connectivity index (χ0n) is 13.0. The molecule has 0 fully saturated rings. The molecule has 114 valence electrons. The van der Waals surface area contributed by atoms with Crippen LogP contribution in [0.15, 0.2) is 18.2 Å². The number of nitrogens with two attached hydrogens (primary N) is 1. The lowest BCUT2D eigenvalue weighted by molar-refractivity contribution is 0.202. The van der Waals surface area contributed by atoms with E-state index in [0.29, 0.717) is 24.9 Å². The fourth-order valence-corrected chi connectivity index (χ4v) is 2.46. The van der Waals surface area contributed by atoms with Gasteiger partial charge in [-0.15, -0.1) is 0 Å². The Labute approximate surface area is 121 Å². The Hall–Kier alpha value is -1.13. The number of anilines is 1. The van der Waals surface area contributed by atoms with Gasteiger partial charge in [0.2, 0.25) is 0 Å². The van der Waals surface area contributed by atoms with Crippen LogP contribution in [0.25, 0.3) is 0 Å². The summed E-state index contributed by atoms with van der Waals surface area (Å²) in [6, 6.07) is 5.45. The Bertz CT molecular complexity index is 405. The first-order valence-corrected chi connectivity index (χ1v) is 7.35. The van der Waals surface area contributed by atoms with E-state index in [0.717, 1.165) is 18.4 Å². The molecule has 1 atom stereocenters. The smallest absolute Gasteiger partial charge is 0.146 e. The van der Waals surface area contributed by atoms with Gasteiger partial charge in [-0.2, -0.15) is 0 Å². The summed E-state index contributed by atoms with van der Waals surface area (Å²) in [7, 11) is 1.67. The van der Waals surface area contributed by atoms with Crippen molar-refractivity contribution >= 4 is 5.69 Å². The molecule has 0 aliphatic rings. The molecule has 0 radical (unpaired) electrons. The van der Waals surface area contributed by atoms with E-state index in [4.69, 9.17) is 10.5 Å². The van der Waals surface area contributed by atoms with Crippen molar-refractivity contribution in [2.24, 2.45) is 5.73 Å². The highest BCUT2D eigenvalue weighted by atomic mass is 19.1. The molecule has 1 unspecified atom stereocenters. The van der Waals surface area contributed by atoms with E-state index < -0.39 is 0 Å². The van der Waals surface area contributed by atoms with Gasteiger partial charge in [0.15, 0.2) is 0 Å². The van der Waals surface area contributed by atoms with Crippen molar-refractivity contribution in [3.8, 4) is 0 Å². The highest BCUT2D eigenvalue weighted by Gasteiger charge is 2.19. The van der Waals surface area contributed by atoms with E-state index in [1.165, 1.54) is 0 Å². The van der Waals surface area contributed by atoms with Crippen LogP contribution >= 0.6 is 0 Å². The summed E-state index contributed by atoms with van der Waals surface area (Å²) in [4.78, 5) is 2.10. The van der Waals surface area contributed by atoms with Crippen molar-refractivity contribution in [2.45, 2.75) is 45.7 Å². The predicted octanol–water partition coefficient (Wildman–Crippen LogP) is 3.49. The number of nitrogens with zero attached hydrogens (tertiary/aromatic N) is 1. The van der Waals surface area contributed by atoms with Gasteiger partial charge in [0.05, 0.1) is 12.3 Å². The average Bonchev–Trinajstić information content (AvgIpc) is 2.43. The number of halogens is 1. The third-order valence-corrected chi connectivity index (χ3v) is 3.73. The lowest BCUT2D eigenvalue weighted by atomic mass is 10.1. The molecule has 0 aliphatic heterocycles. The summed E-state index contributed by atoms with van der Waals surface area (Å²) in [5.74, 6) is -0.206. The number of ether oxygens (including phenoxy) is 1. The lowest BCUT2D eigenvalue weighted by Gasteiger charge is -2.33. The van der Waals surface area contributed by atoms with Gasteiger partial charge in [0.1, 0.15) is 5.82 Å². The Morgan fingerprint density at radius 2 is 1.95 bits per heavy atom. The molecule has 0 heterocycles. The topological polar surface area (TPSA) is 38.5 Å². The molecule has 0 saturated carbocycles. The van der Waals surface area contributed by atoms with E-state index in [1.807, 2.05) is 19.1 Å². The van der Waals surface area contributed by atoms with Crippen LogP contribution in [0, 0.1) is 5.82 Å². The highest BCUT2D eigenvalue weighted by Crippen LogP contribution is 2.26. The van der Waals surface area contributed by atoms with Gasteiger partial charge in [0, 0.05) is 25.7 Å². The fraction of sp³-hybridized carbons (Fsp3) is 0.625. The zero-order valence-corrected chi connectivity index (χ0v) is 13.0. The molecule has 0 spiro atoms. The molecule has 1 aromatic rings. The standard InChI is InChI=1S/C16H27FN2O/c1-5-14(6-2)19(9-10-20-4)16-8-7-13(12(3)18)11-15(16)17/h7-8,11-12,14H,5-6,9-10,18H2,1-4H3. The largest absolute Gasteiger partial charge is 0.383 e. The van der Waals surface area contributed by atoms with Crippen LogP contribution in [-0.4, -0.2) is 26.3 Å². The van der Waals surface area contributed by atoms with Crippen LogP contribution < -0.4 is 10.6 Å². The molecular weight excluding hydrogens is 255 g/mol. The van der Waals surface area contributed by atoms with Crippen LogP contribution in [0.5, 0.6) is 0 Å². The fourth-order valence-electron chi connectivity index (χ4n) is 2.46. The minimum absolute atomic E-state index is 0.154. The van der Waals surface area contributed by atoms with E-state index in [-0.39, 0.29) is 11.9 Å². The second-order valence-corrected chi connectivity index (χ2v) is 5.16. The monoisotopic (exact) mass is 282 g/mol. The molecule has 0 aliphatic carbocycles. The zero-order chi connectivity index (χ0) is 15.1. The number of benzene rings is 1. The van der Waals surface area contributed by atoms with Gasteiger partial charge in [-0.1, -0.05) is 19.9 Å². The third-order valence-electron chi connectivity index (χ3n) is 3.73. The van der Waals surface area contributed by atoms with Crippen molar-refractivity contribution in [1.82, 2.24) is 0 Å². The highest BCUT2D eigenvalue weighted by molar-refractivity contribution is 5.50. The molecule has 0 bridgehead atoms. The number of hydrogen-bond donors (Lipinski definition) is 1. The average molecular weight is 282 g/mol. The SMILES string of the molecule is CCC(CC)N(CCOC)c1ccc(C(C)N)cc1F. The van der Waals surface area contributed by atoms with E-state index >= 15 is 0 Å². The maximum atomic E-state index is 14.4. The molecule has 0 amide bonds. The van der Waals surface area contributed by atoms with Crippen LogP contribution in [0.3, 0.4) is 0 Å². The van der Waals surface area contributed by atoms with Crippen molar-refractivity contribution in [3.63, 3.8) is 0 Å². The van der Waals surface area contributed by atoms with Crippen LogP contribution in [0.2, 0.25) is 0 Å². The number of rotatable bonds is 8. The maximum Gasteiger partial charge on any atom is 0.146 e. The van der Waals surface area contributed by atoms with Crippen LogP contribution in [0.1, 0.15) is 45.2 Å². The van der Waals surface area contributed by atoms with Gasteiger partial charge >= 0.3 is 0 Å². The molecule has 0 saturated heterocycles. The van der Waals surface area contributed by atoms with Crippen molar-refractivity contribution < 1.29 is 9.13 Å². The van der Waals surface area contributed by atoms with Gasteiger partial charge < -0.3 is 15.4 Å². The Morgan fingerprint density at radius 1 is 1.30 bits per heavy atom. The van der Waals surface area contributed by atoms with Gasteiger partial charge in [-0.25, -0.2) is 4.39 Å². The van der Waals surface area contributed by atoms with Crippen molar-refractivity contribution in [2.75, 3.05) is 25.2 Å². The molecule has 3 nitrogen and oxygen atoms in total. The second kappa shape index (κ2) is 8.22. The molecule has 1 aromatic carbocycles. The first-order chi connectivity index (χ1) is 9.54. The van der Waals surface area contributed by atoms with E-state index in [1.54, 1.807) is 13.2 Å². The van der Waals surface area contributed by atoms with Crippen molar-refractivity contribution in [1.29, 1.82) is 0 Å². The Morgan fingerprint density at radius 3 is 2.40 bits per heavy atom. The normalized spacial score (nSPS) is 12.8. The molecular formula is C16H27FN2O. The quantitative estimate of drug-likeness (QED) is 0.793. The van der Waals surface area contributed by atoms with Crippen LogP contribution in [-0.2, 0) is 4.74 Å². The summed E-state index contributed by atoms with van der Waals surface area (Å²) in [5, 5.41) is 0. The predicted molar refractivity (Wildman–Crippen MR) is 82.6 cm³/mol. The Balaban J connectivity index is 3.06. The summed E-state index contributed by atoms with van der Waals surface area (Å²) in [6.45, 7) is 7.39. The Kier molecular flexibility index (Phi) is 6.96. The number of methoxy groups -OCH3 is 1. The minimum Gasteiger partial charge on any atom is -0.383 e. The van der Waals surface area contributed by atoms with Gasteiger partial charge in [-0.05, 0) is 37.5 Å². The molecule has 0 aromatic heterocycles. The minimum atomic E-state index is -0.206. The van der Waals surface area contributed by atoms with Crippen LogP contribution in [0.4, 0.5) is 10.1 Å². The molecule has 20 heavy (non-hydrogen) atoms. The first kappa shape index (κ1) is 16.9. The van der Waals surface area contributed by atoms with E-state index in [2.05, 4.69) is 18.7 Å². The van der Waals surface area contributed by atoms with Gasteiger partial charge in [-0.3, -0.25) is 0 Å². The summed E-state index contributed by atoms with van der Waals surface area (Å²) >= 11 is 0. The maximum absolute atomic E-state index is 14.4. The lowest BCUT2D eigenvalue weighted by Crippen LogP contribution is -2.37. The summed E-state index contributed by atoms with van der Waals surface area (Å²) in [5.41, 5.74) is 7.26. The second-order valence-electron chi connectivity index (χ2n) is 5.16. The first-order valence-electron chi connectivity index (χ1n) is 7.35. The third kappa shape index (κ3) is 4.18.